The second-order valence-corrected chi connectivity index (χ2v) is 3.87. The lowest BCUT2D eigenvalue weighted by molar-refractivity contribution is 0.111. The van der Waals surface area contributed by atoms with Crippen molar-refractivity contribution in [2.45, 2.75) is 25.9 Å². The molecular weight excluding hydrogens is 160 g/mol. The molecule has 1 atom stereocenters. The highest BCUT2D eigenvalue weighted by Crippen LogP contribution is 2.29. The van der Waals surface area contributed by atoms with Crippen LogP contribution in [0.1, 0.15) is 29.0 Å². The summed E-state index contributed by atoms with van der Waals surface area (Å²) in [7, 11) is 0. The van der Waals surface area contributed by atoms with Crippen molar-refractivity contribution in [2.75, 3.05) is 6.61 Å². The first-order chi connectivity index (χ1) is 5.36. The highest BCUT2D eigenvalue weighted by Gasteiger charge is 2.20. The molecule has 0 radical (unpaired) electrons. The van der Waals surface area contributed by atoms with E-state index in [1.165, 1.54) is 0 Å². The molecule has 0 aliphatic carbocycles. The minimum Gasteiger partial charge on any atom is -0.371 e. The molecule has 4 heteroatoms. The number of aromatic nitrogens is 2. The molecular formula is C7H10N2OS. The smallest absolute Gasteiger partial charge is 0.146 e. The van der Waals surface area contributed by atoms with Crippen molar-refractivity contribution < 1.29 is 4.74 Å². The fraction of sp³-hybridized carbons (Fsp3) is 0.714. The van der Waals surface area contributed by atoms with Gasteiger partial charge in [-0.2, -0.15) is 0 Å². The Morgan fingerprint density at radius 1 is 1.55 bits per heavy atom. The molecule has 2 rings (SSSR count). The molecule has 1 aromatic heterocycles. The summed E-state index contributed by atoms with van der Waals surface area (Å²) in [5.41, 5.74) is 0. The topological polar surface area (TPSA) is 35.0 Å². The normalized spacial score (nSPS) is 24.3. The Morgan fingerprint density at radius 3 is 3.00 bits per heavy atom. The number of rotatable bonds is 1. The second kappa shape index (κ2) is 2.87. The molecule has 60 valence electrons. The standard InChI is InChI=1S/C7H10N2OS/c1-5-8-9-7(11-5)6-3-2-4-10-6/h6H,2-4H2,1H3. The van der Waals surface area contributed by atoms with Crippen LogP contribution in [0.2, 0.25) is 0 Å². The lowest BCUT2D eigenvalue weighted by Gasteiger charge is -2.01. The summed E-state index contributed by atoms with van der Waals surface area (Å²) in [6.07, 6.45) is 2.50. The SMILES string of the molecule is Cc1nnc(C2CCCO2)s1. The third kappa shape index (κ3) is 1.41. The van der Waals surface area contributed by atoms with E-state index in [-0.39, 0.29) is 6.10 Å². The van der Waals surface area contributed by atoms with Crippen molar-refractivity contribution in [3.8, 4) is 0 Å². The first kappa shape index (κ1) is 7.18. The molecule has 0 N–H and O–H groups in total. The first-order valence-corrected chi connectivity index (χ1v) is 4.59. The zero-order chi connectivity index (χ0) is 7.68. The largest absolute Gasteiger partial charge is 0.371 e. The monoisotopic (exact) mass is 170 g/mol. The maximum atomic E-state index is 5.46. The third-order valence-electron chi connectivity index (χ3n) is 1.75. The van der Waals surface area contributed by atoms with Crippen LogP contribution in [-0.2, 0) is 4.74 Å². The van der Waals surface area contributed by atoms with Gasteiger partial charge in [-0.1, -0.05) is 11.3 Å². The van der Waals surface area contributed by atoms with Crippen LogP contribution < -0.4 is 0 Å². The van der Waals surface area contributed by atoms with E-state index in [1.54, 1.807) is 11.3 Å². The van der Waals surface area contributed by atoms with Gasteiger partial charge in [0.15, 0.2) is 0 Å². The summed E-state index contributed by atoms with van der Waals surface area (Å²) in [6, 6.07) is 0. The molecule has 11 heavy (non-hydrogen) atoms. The van der Waals surface area contributed by atoms with Crippen molar-refractivity contribution in [3.05, 3.63) is 10.0 Å². The predicted octanol–water partition coefficient (Wildman–Crippen LogP) is 1.70. The van der Waals surface area contributed by atoms with Gasteiger partial charge in [-0.15, -0.1) is 10.2 Å². The maximum Gasteiger partial charge on any atom is 0.146 e. The summed E-state index contributed by atoms with van der Waals surface area (Å²) in [6.45, 7) is 2.85. The molecule has 0 aromatic carbocycles. The van der Waals surface area contributed by atoms with E-state index in [2.05, 4.69) is 10.2 Å². The molecule has 1 aliphatic heterocycles. The van der Waals surface area contributed by atoms with Crippen molar-refractivity contribution in [1.82, 2.24) is 10.2 Å². The zero-order valence-corrected chi connectivity index (χ0v) is 7.23. The van der Waals surface area contributed by atoms with Crippen LogP contribution in [0.25, 0.3) is 0 Å². The molecule has 1 fully saturated rings. The van der Waals surface area contributed by atoms with E-state index in [9.17, 15) is 0 Å². The maximum absolute atomic E-state index is 5.46. The van der Waals surface area contributed by atoms with E-state index < -0.39 is 0 Å². The number of hydrogen-bond acceptors (Lipinski definition) is 4. The van der Waals surface area contributed by atoms with Gasteiger partial charge in [0.25, 0.3) is 0 Å². The average Bonchev–Trinajstić information content (AvgIpc) is 2.55. The van der Waals surface area contributed by atoms with Crippen molar-refractivity contribution in [2.24, 2.45) is 0 Å². The molecule has 0 spiro atoms. The molecule has 1 aromatic rings. The van der Waals surface area contributed by atoms with Crippen LogP contribution in [0.3, 0.4) is 0 Å². The molecule has 0 amide bonds. The van der Waals surface area contributed by atoms with Gasteiger partial charge in [-0.25, -0.2) is 0 Å². The van der Waals surface area contributed by atoms with Crippen LogP contribution in [-0.4, -0.2) is 16.8 Å². The van der Waals surface area contributed by atoms with Crippen molar-refractivity contribution in [1.29, 1.82) is 0 Å². The Labute approximate surface area is 69.4 Å². The van der Waals surface area contributed by atoms with Gasteiger partial charge in [0, 0.05) is 6.61 Å². The van der Waals surface area contributed by atoms with Crippen molar-refractivity contribution >= 4 is 11.3 Å². The van der Waals surface area contributed by atoms with Gasteiger partial charge in [-0.3, -0.25) is 0 Å². The molecule has 1 saturated heterocycles. The first-order valence-electron chi connectivity index (χ1n) is 3.78. The Hall–Kier alpha value is -0.480. The number of nitrogens with zero attached hydrogens (tertiary/aromatic N) is 2. The highest BCUT2D eigenvalue weighted by atomic mass is 32.1. The Balaban J connectivity index is 2.15. The minimum absolute atomic E-state index is 0.237. The quantitative estimate of drug-likeness (QED) is 0.643. The van der Waals surface area contributed by atoms with Crippen LogP contribution in [0.5, 0.6) is 0 Å². The van der Waals surface area contributed by atoms with E-state index in [0.29, 0.717) is 0 Å². The third-order valence-corrected chi connectivity index (χ3v) is 2.68. The van der Waals surface area contributed by atoms with Gasteiger partial charge in [-0.05, 0) is 19.8 Å². The Bertz CT molecular complexity index is 242. The van der Waals surface area contributed by atoms with Gasteiger partial charge in [0.1, 0.15) is 16.1 Å². The van der Waals surface area contributed by atoms with Crippen molar-refractivity contribution in [3.63, 3.8) is 0 Å². The van der Waals surface area contributed by atoms with Crippen LogP contribution >= 0.6 is 11.3 Å². The van der Waals surface area contributed by atoms with Gasteiger partial charge >= 0.3 is 0 Å². The fourth-order valence-corrected chi connectivity index (χ4v) is 2.00. The number of aryl methyl sites for hydroxylation is 1. The summed E-state index contributed by atoms with van der Waals surface area (Å²) in [4.78, 5) is 0. The summed E-state index contributed by atoms with van der Waals surface area (Å²) in [5.74, 6) is 0. The van der Waals surface area contributed by atoms with E-state index in [0.717, 1.165) is 29.5 Å². The molecule has 2 heterocycles. The molecule has 3 nitrogen and oxygen atoms in total. The van der Waals surface area contributed by atoms with Gasteiger partial charge in [0.05, 0.1) is 0 Å². The average molecular weight is 170 g/mol. The summed E-state index contributed by atoms with van der Waals surface area (Å²) >= 11 is 1.64. The van der Waals surface area contributed by atoms with Crippen LogP contribution in [0, 0.1) is 6.92 Å². The van der Waals surface area contributed by atoms with Gasteiger partial charge < -0.3 is 4.74 Å². The summed E-state index contributed by atoms with van der Waals surface area (Å²) < 4.78 is 5.46. The number of ether oxygens (including phenoxy) is 1. The molecule has 0 bridgehead atoms. The highest BCUT2D eigenvalue weighted by molar-refractivity contribution is 7.11. The fourth-order valence-electron chi connectivity index (χ4n) is 1.21. The Kier molecular flexibility index (Phi) is 1.87. The van der Waals surface area contributed by atoms with E-state index >= 15 is 0 Å². The van der Waals surface area contributed by atoms with E-state index in [1.807, 2.05) is 6.92 Å². The molecule has 0 saturated carbocycles. The number of hydrogen-bond donors (Lipinski definition) is 0. The second-order valence-electron chi connectivity index (χ2n) is 2.66. The lowest BCUT2D eigenvalue weighted by Crippen LogP contribution is -1.93. The van der Waals surface area contributed by atoms with Gasteiger partial charge in [0.2, 0.25) is 0 Å². The zero-order valence-electron chi connectivity index (χ0n) is 6.41. The summed E-state index contributed by atoms with van der Waals surface area (Å²) in [5, 5.41) is 10.1. The van der Waals surface area contributed by atoms with Crippen LogP contribution in [0.15, 0.2) is 0 Å². The van der Waals surface area contributed by atoms with E-state index in [4.69, 9.17) is 4.74 Å². The predicted molar refractivity (Wildman–Crippen MR) is 42.6 cm³/mol. The molecule has 1 unspecified atom stereocenters. The lowest BCUT2D eigenvalue weighted by atomic mass is 10.2. The Morgan fingerprint density at radius 2 is 2.45 bits per heavy atom. The minimum atomic E-state index is 0.237. The molecule has 1 aliphatic rings. The van der Waals surface area contributed by atoms with Crippen LogP contribution in [0.4, 0.5) is 0 Å².